The molecule has 0 saturated heterocycles. The number of hydrogen-bond acceptors (Lipinski definition) is 3. The Labute approximate surface area is 71.0 Å². The van der Waals surface area contributed by atoms with Crippen molar-refractivity contribution >= 4 is 5.69 Å². The van der Waals surface area contributed by atoms with E-state index in [1.165, 1.54) is 0 Å². The predicted molar refractivity (Wildman–Crippen MR) is 47.8 cm³/mol. The van der Waals surface area contributed by atoms with Crippen molar-refractivity contribution in [1.29, 1.82) is 0 Å². The topological polar surface area (TPSA) is 28.0 Å². The lowest BCUT2D eigenvalue weighted by Crippen LogP contribution is -2.09. The number of hydrogen-bond donors (Lipinski definition) is 0. The van der Waals surface area contributed by atoms with Crippen LogP contribution in [0.25, 0.3) is 0 Å². The first-order valence-corrected chi connectivity index (χ1v) is 3.78. The molecule has 0 amide bonds. The normalized spacial score (nSPS) is 15.7. The van der Waals surface area contributed by atoms with Crippen LogP contribution < -0.4 is 5.01 Å². The third kappa shape index (κ3) is 1.09. The van der Waals surface area contributed by atoms with Crippen molar-refractivity contribution in [1.82, 2.24) is 0 Å². The van der Waals surface area contributed by atoms with Gasteiger partial charge in [0.15, 0.2) is 0 Å². The van der Waals surface area contributed by atoms with E-state index < -0.39 is 0 Å². The molecule has 12 heavy (non-hydrogen) atoms. The van der Waals surface area contributed by atoms with Crippen molar-refractivity contribution in [2.75, 3.05) is 11.6 Å². The van der Waals surface area contributed by atoms with Crippen molar-refractivity contribution < 1.29 is 0 Å². The highest BCUT2D eigenvalue weighted by molar-refractivity contribution is 5.51. The summed E-state index contributed by atoms with van der Waals surface area (Å²) < 4.78 is 0. The Kier molecular flexibility index (Phi) is 1.63. The molecule has 3 nitrogen and oxygen atoms in total. The highest BCUT2D eigenvalue weighted by atomic mass is 15.6. The lowest BCUT2D eigenvalue weighted by Gasteiger charge is -2.12. The first kappa shape index (κ1) is 7.03. The maximum Gasteiger partial charge on any atom is 0.104 e. The highest BCUT2D eigenvalue weighted by Gasteiger charge is 2.13. The molecule has 1 aliphatic rings. The number of anilines is 1. The Morgan fingerprint density at radius 3 is 2.58 bits per heavy atom. The summed E-state index contributed by atoms with van der Waals surface area (Å²) in [4.78, 5) is 0. The van der Waals surface area contributed by atoms with Crippen molar-refractivity contribution in [2.24, 2.45) is 10.3 Å². The number of para-hydroxylation sites is 1. The molecule has 0 fully saturated rings. The van der Waals surface area contributed by atoms with Gasteiger partial charge >= 0.3 is 0 Å². The van der Waals surface area contributed by atoms with Gasteiger partial charge in [-0.3, -0.25) is 0 Å². The van der Waals surface area contributed by atoms with Crippen LogP contribution in [0.2, 0.25) is 0 Å². The van der Waals surface area contributed by atoms with Crippen molar-refractivity contribution in [3.63, 3.8) is 0 Å². The van der Waals surface area contributed by atoms with Crippen LogP contribution in [0, 0.1) is 0 Å². The second-order valence-corrected chi connectivity index (χ2v) is 2.60. The second-order valence-electron chi connectivity index (χ2n) is 2.60. The third-order valence-corrected chi connectivity index (χ3v) is 1.71. The van der Waals surface area contributed by atoms with E-state index >= 15 is 0 Å². The standard InChI is InChI=1S/C9H9N3/c1-8-7-10-11-12(8)9-5-3-2-4-6-9/h2-6H,1,7H2. The molecule has 1 aromatic rings. The molecule has 0 radical (unpaired) electrons. The number of benzene rings is 1. The van der Waals surface area contributed by atoms with Crippen LogP contribution in [0.3, 0.4) is 0 Å². The molecule has 0 saturated carbocycles. The van der Waals surface area contributed by atoms with Gasteiger partial charge in [0, 0.05) is 0 Å². The minimum Gasteiger partial charge on any atom is -0.218 e. The fraction of sp³-hybridized carbons (Fsp3) is 0.111. The SMILES string of the molecule is C=C1CN=NN1c1ccccc1. The van der Waals surface area contributed by atoms with Gasteiger partial charge in [0.2, 0.25) is 0 Å². The van der Waals surface area contributed by atoms with Gasteiger partial charge in [-0.15, -0.1) is 0 Å². The summed E-state index contributed by atoms with van der Waals surface area (Å²) in [6.07, 6.45) is 0. The van der Waals surface area contributed by atoms with Crippen LogP contribution in [-0.4, -0.2) is 6.54 Å². The quantitative estimate of drug-likeness (QED) is 0.618. The molecule has 0 unspecified atom stereocenters. The van der Waals surface area contributed by atoms with Gasteiger partial charge in [-0.05, 0) is 12.1 Å². The molecule has 1 aromatic carbocycles. The number of rotatable bonds is 1. The molecule has 1 aliphatic heterocycles. The van der Waals surface area contributed by atoms with Gasteiger partial charge in [0.25, 0.3) is 0 Å². The Morgan fingerprint density at radius 2 is 2.00 bits per heavy atom. The van der Waals surface area contributed by atoms with E-state index in [4.69, 9.17) is 0 Å². The van der Waals surface area contributed by atoms with Crippen LogP contribution in [0.5, 0.6) is 0 Å². The summed E-state index contributed by atoms with van der Waals surface area (Å²) in [5.41, 5.74) is 1.94. The average molecular weight is 159 g/mol. The van der Waals surface area contributed by atoms with Gasteiger partial charge in [-0.1, -0.05) is 30.0 Å². The van der Waals surface area contributed by atoms with Crippen LogP contribution in [0.4, 0.5) is 5.69 Å². The molecule has 0 atom stereocenters. The molecule has 0 bridgehead atoms. The average Bonchev–Trinajstić information content (AvgIpc) is 2.53. The van der Waals surface area contributed by atoms with Gasteiger partial charge in [0.1, 0.15) is 6.54 Å². The summed E-state index contributed by atoms with van der Waals surface area (Å²) in [5, 5.41) is 9.57. The lowest BCUT2D eigenvalue weighted by atomic mass is 10.3. The molecule has 0 aromatic heterocycles. The van der Waals surface area contributed by atoms with E-state index in [-0.39, 0.29) is 0 Å². The van der Waals surface area contributed by atoms with E-state index in [2.05, 4.69) is 16.9 Å². The summed E-state index contributed by atoms with van der Waals surface area (Å²) >= 11 is 0. The van der Waals surface area contributed by atoms with Crippen molar-refractivity contribution in [3.8, 4) is 0 Å². The molecule has 1 heterocycles. The molecule has 60 valence electrons. The fourth-order valence-electron chi connectivity index (χ4n) is 1.11. The summed E-state index contributed by atoms with van der Waals surface area (Å²) in [7, 11) is 0. The maximum atomic E-state index is 3.95. The van der Waals surface area contributed by atoms with Gasteiger partial charge < -0.3 is 0 Å². The Hall–Kier alpha value is -1.64. The summed E-state index contributed by atoms with van der Waals surface area (Å²) in [5.74, 6) is 0. The zero-order chi connectivity index (χ0) is 8.39. The molecule has 2 rings (SSSR count). The molecular weight excluding hydrogens is 150 g/mol. The highest BCUT2D eigenvalue weighted by Crippen LogP contribution is 2.22. The largest absolute Gasteiger partial charge is 0.218 e. The second kappa shape index (κ2) is 2.77. The van der Waals surface area contributed by atoms with Crippen LogP contribution in [0.1, 0.15) is 0 Å². The molecular formula is C9H9N3. The zero-order valence-electron chi connectivity index (χ0n) is 6.64. The minimum atomic E-state index is 0.606. The Bertz CT molecular complexity index is 316. The van der Waals surface area contributed by atoms with E-state index in [9.17, 15) is 0 Å². The molecule has 0 N–H and O–H groups in total. The van der Waals surface area contributed by atoms with Crippen molar-refractivity contribution in [2.45, 2.75) is 0 Å². The van der Waals surface area contributed by atoms with Gasteiger partial charge in [-0.25, -0.2) is 5.01 Å². The third-order valence-electron chi connectivity index (χ3n) is 1.71. The van der Waals surface area contributed by atoms with Gasteiger partial charge in [0.05, 0.1) is 11.4 Å². The minimum absolute atomic E-state index is 0.606. The first-order valence-electron chi connectivity index (χ1n) is 3.78. The van der Waals surface area contributed by atoms with Crippen molar-refractivity contribution in [3.05, 3.63) is 42.6 Å². The summed E-state index contributed by atoms with van der Waals surface area (Å²) in [6.45, 7) is 4.46. The van der Waals surface area contributed by atoms with Crippen LogP contribution in [0.15, 0.2) is 52.9 Å². The van der Waals surface area contributed by atoms with E-state index in [1.54, 1.807) is 5.01 Å². The lowest BCUT2D eigenvalue weighted by molar-refractivity contribution is 1.02. The van der Waals surface area contributed by atoms with Gasteiger partial charge in [-0.2, -0.15) is 5.11 Å². The molecule has 0 spiro atoms. The summed E-state index contributed by atoms with van der Waals surface area (Å²) in [6, 6.07) is 9.87. The number of nitrogens with zero attached hydrogens (tertiary/aromatic N) is 3. The zero-order valence-corrected chi connectivity index (χ0v) is 6.64. The van der Waals surface area contributed by atoms with Crippen LogP contribution in [-0.2, 0) is 0 Å². The fourth-order valence-corrected chi connectivity index (χ4v) is 1.11. The Balaban J connectivity index is 2.31. The maximum absolute atomic E-state index is 3.95. The smallest absolute Gasteiger partial charge is 0.104 e. The van der Waals surface area contributed by atoms with E-state index in [1.807, 2.05) is 30.3 Å². The molecule has 0 aliphatic carbocycles. The monoisotopic (exact) mass is 159 g/mol. The predicted octanol–water partition coefficient (Wildman–Crippen LogP) is 2.39. The van der Waals surface area contributed by atoms with Crippen LogP contribution >= 0.6 is 0 Å². The first-order chi connectivity index (χ1) is 5.88. The Morgan fingerprint density at radius 1 is 1.25 bits per heavy atom. The molecule has 3 heteroatoms. The van der Waals surface area contributed by atoms with E-state index in [0.717, 1.165) is 11.4 Å². The van der Waals surface area contributed by atoms with E-state index in [0.29, 0.717) is 6.54 Å².